The van der Waals surface area contributed by atoms with Gasteiger partial charge in [0.05, 0.1) is 6.61 Å². The van der Waals surface area contributed by atoms with E-state index in [0.29, 0.717) is 0 Å². The molecule has 1 radical (unpaired) electrons. The summed E-state index contributed by atoms with van der Waals surface area (Å²) in [5.74, 6) is 0.790. The number of likely N-dealkylation sites (tertiary alicyclic amines) is 1. The molecule has 2 rings (SSSR count). The van der Waals surface area contributed by atoms with Crippen LogP contribution in [0.4, 0.5) is 0 Å². The van der Waals surface area contributed by atoms with Crippen molar-refractivity contribution in [3.8, 4) is 0 Å². The second-order valence-corrected chi connectivity index (χ2v) is 4.27. The first-order chi connectivity index (χ1) is 6.38. The fourth-order valence-electron chi connectivity index (χ4n) is 2.41. The maximum atomic E-state index is 5.43. The highest BCUT2D eigenvalue weighted by molar-refractivity contribution is 4.84. The van der Waals surface area contributed by atoms with Gasteiger partial charge in [0.1, 0.15) is 0 Å². The van der Waals surface area contributed by atoms with Gasteiger partial charge in [-0.1, -0.05) is 0 Å². The SMILES string of the molecule is CC(C1CCOC1)N1CC[CH]CC1. The molecular formula is C11H20NO. The van der Waals surface area contributed by atoms with Crippen molar-refractivity contribution in [1.82, 2.24) is 4.90 Å². The first kappa shape index (κ1) is 9.47. The number of hydrogen-bond acceptors (Lipinski definition) is 2. The van der Waals surface area contributed by atoms with Crippen LogP contribution in [0.5, 0.6) is 0 Å². The molecule has 2 nitrogen and oxygen atoms in total. The largest absolute Gasteiger partial charge is 0.381 e. The third-order valence-electron chi connectivity index (χ3n) is 3.46. The molecule has 13 heavy (non-hydrogen) atoms. The summed E-state index contributed by atoms with van der Waals surface area (Å²) in [5, 5.41) is 0. The first-order valence-corrected chi connectivity index (χ1v) is 5.51. The van der Waals surface area contributed by atoms with Crippen molar-refractivity contribution in [2.45, 2.75) is 32.2 Å². The van der Waals surface area contributed by atoms with E-state index < -0.39 is 0 Å². The van der Waals surface area contributed by atoms with E-state index in [9.17, 15) is 0 Å². The summed E-state index contributed by atoms with van der Waals surface area (Å²) < 4.78 is 5.43. The molecule has 0 aromatic rings. The van der Waals surface area contributed by atoms with E-state index in [1.807, 2.05) is 0 Å². The molecule has 2 aliphatic rings. The third kappa shape index (κ3) is 2.23. The Morgan fingerprint density at radius 3 is 2.77 bits per heavy atom. The summed E-state index contributed by atoms with van der Waals surface area (Å²) in [6, 6.07) is 0.733. The van der Waals surface area contributed by atoms with Crippen molar-refractivity contribution in [3.63, 3.8) is 0 Å². The molecule has 2 saturated heterocycles. The molecule has 2 aliphatic heterocycles. The molecule has 0 aromatic carbocycles. The van der Waals surface area contributed by atoms with Crippen molar-refractivity contribution in [3.05, 3.63) is 6.42 Å². The Balaban J connectivity index is 1.83. The van der Waals surface area contributed by atoms with E-state index in [1.54, 1.807) is 0 Å². The topological polar surface area (TPSA) is 12.5 Å². The van der Waals surface area contributed by atoms with Crippen LogP contribution in [0.25, 0.3) is 0 Å². The zero-order chi connectivity index (χ0) is 9.10. The lowest BCUT2D eigenvalue weighted by atomic mass is 9.97. The van der Waals surface area contributed by atoms with Gasteiger partial charge in [-0.25, -0.2) is 0 Å². The predicted molar refractivity (Wildman–Crippen MR) is 53.5 cm³/mol. The maximum absolute atomic E-state index is 5.43. The van der Waals surface area contributed by atoms with Gasteiger partial charge in [0.15, 0.2) is 0 Å². The van der Waals surface area contributed by atoms with Crippen molar-refractivity contribution in [2.75, 3.05) is 26.3 Å². The first-order valence-electron chi connectivity index (χ1n) is 5.51. The van der Waals surface area contributed by atoms with Gasteiger partial charge in [-0.05, 0) is 51.6 Å². The zero-order valence-corrected chi connectivity index (χ0v) is 8.54. The quantitative estimate of drug-likeness (QED) is 0.644. The molecule has 0 saturated carbocycles. The molecule has 0 spiro atoms. The predicted octanol–water partition coefficient (Wildman–Crippen LogP) is 1.71. The normalized spacial score (nSPS) is 33.5. The molecule has 0 aliphatic carbocycles. The van der Waals surface area contributed by atoms with E-state index in [4.69, 9.17) is 4.74 Å². The van der Waals surface area contributed by atoms with E-state index in [1.165, 1.54) is 32.4 Å². The van der Waals surface area contributed by atoms with Crippen LogP contribution in [0.15, 0.2) is 0 Å². The monoisotopic (exact) mass is 182 g/mol. The van der Waals surface area contributed by atoms with Gasteiger partial charge in [-0.2, -0.15) is 0 Å². The summed E-state index contributed by atoms with van der Waals surface area (Å²) >= 11 is 0. The number of ether oxygens (including phenoxy) is 1. The summed E-state index contributed by atoms with van der Waals surface area (Å²) in [6.45, 7) is 6.86. The molecule has 2 atom stereocenters. The molecule has 2 heteroatoms. The second kappa shape index (κ2) is 4.43. The average Bonchev–Trinajstić information content (AvgIpc) is 2.71. The number of hydrogen-bond donors (Lipinski definition) is 0. The minimum Gasteiger partial charge on any atom is -0.381 e. The minimum atomic E-state index is 0.733. The van der Waals surface area contributed by atoms with Crippen molar-refractivity contribution in [1.29, 1.82) is 0 Å². The van der Waals surface area contributed by atoms with Gasteiger partial charge < -0.3 is 9.64 Å². The molecule has 2 fully saturated rings. The van der Waals surface area contributed by atoms with Crippen LogP contribution in [0.3, 0.4) is 0 Å². The van der Waals surface area contributed by atoms with Crippen molar-refractivity contribution >= 4 is 0 Å². The number of nitrogens with zero attached hydrogens (tertiary/aromatic N) is 1. The Morgan fingerprint density at radius 2 is 2.15 bits per heavy atom. The van der Waals surface area contributed by atoms with Gasteiger partial charge >= 0.3 is 0 Å². The minimum absolute atomic E-state index is 0.733. The molecule has 75 valence electrons. The van der Waals surface area contributed by atoms with Gasteiger partial charge in [0, 0.05) is 12.6 Å². The fourth-order valence-corrected chi connectivity index (χ4v) is 2.41. The van der Waals surface area contributed by atoms with E-state index >= 15 is 0 Å². The van der Waals surface area contributed by atoms with E-state index in [-0.39, 0.29) is 0 Å². The Hall–Kier alpha value is -0.0800. The molecule has 0 aromatic heterocycles. The standard InChI is InChI=1S/C11H20NO/c1-10(11-5-8-13-9-11)12-6-3-2-4-7-12/h2,10-11H,3-9H2,1H3. The van der Waals surface area contributed by atoms with Crippen LogP contribution in [0.2, 0.25) is 0 Å². The Labute approximate surface area is 81.3 Å². The van der Waals surface area contributed by atoms with Gasteiger partial charge in [0.25, 0.3) is 0 Å². The maximum Gasteiger partial charge on any atom is 0.0509 e. The highest BCUT2D eigenvalue weighted by Crippen LogP contribution is 2.23. The Morgan fingerprint density at radius 1 is 1.38 bits per heavy atom. The van der Waals surface area contributed by atoms with E-state index in [2.05, 4.69) is 18.2 Å². The average molecular weight is 182 g/mol. The summed E-state index contributed by atoms with van der Waals surface area (Å²) in [4.78, 5) is 2.62. The van der Waals surface area contributed by atoms with Crippen LogP contribution in [-0.2, 0) is 4.74 Å². The molecule has 0 bridgehead atoms. The molecule has 2 heterocycles. The van der Waals surface area contributed by atoms with Gasteiger partial charge in [-0.15, -0.1) is 0 Å². The molecule has 2 unspecified atom stereocenters. The lowest BCUT2D eigenvalue weighted by molar-refractivity contribution is 0.120. The van der Waals surface area contributed by atoms with Crippen LogP contribution in [0, 0.1) is 12.3 Å². The summed E-state index contributed by atoms with van der Waals surface area (Å²) in [7, 11) is 0. The zero-order valence-electron chi connectivity index (χ0n) is 8.54. The number of piperidine rings is 1. The lowest BCUT2D eigenvalue weighted by Crippen LogP contribution is -2.42. The second-order valence-electron chi connectivity index (χ2n) is 4.27. The highest BCUT2D eigenvalue weighted by Gasteiger charge is 2.27. The van der Waals surface area contributed by atoms with Crippen molar-refractivity contribution < 1.29 is 4.74 Å². The van der Waals surface area contributed by atoms with Crippen LogP contribution >= 0.6 is 0 Å². The highest BCUT2D eigenvalue weighted by atomic mass is 16.5. The third-order valence-corrected chi connectivity index (χ3v) is 3.46. The van der Waals surface area contributed by atoms with Crippen LogP contribution < -0.4 is 0 Å². The fraction of sp³-hybridized carbons (Fsp3) is 0.909. The molecule has 0 N–H and O–H groups in total. The van der Waals surface area contributed by atoms with Crippen LogP contribution in [0.1, 0.15) is 26.2 Å². The van der Waals surface area contributed by atoms with Gasteiger partial charge in [0.2, 0.25) is 0 Å². The smallest absolute Gasteiger partial charge is 0.0509 e. The van der Waals surface area contributed by atoms with E-state index in [0.717, 1.165) is 25.2 Å². The van der Waals surface area contributed by atoms with Crippen molar-refractivity contribution in [2.24, 2.45) is 5.92 Å². The summed E-state index contributed by atoms with van der Waals surface area (Å²) in [6.07, 6.45) is 6.23. The van der Waals surface area contributed by atoms with Crippen LogP contribution in [-0.4, -0.2) is 37.2 Å². The van der Waals surface area contributed by atoms with Gasteiger partial charge in [-0.3, -0.25) is 0 Å². The summed E-state index contributed by atoms with van der Waals surface area (Å²) in [5.41, 5.74) is 0. The number of rotatable bonds is 2. The Bertz CT molecular complexity index is 148. The Kier molecular flexibility index (Phi) is 3.23. The lowest BCUT2D eigenvalue weighted by Gasteiger charge is -2.35. The molecule has 0 amide bonds. The molecular weight excluding hydrogens is 162 g/mol.